The van der Waals surface area contributed by atoms with E-state index in [4.69, 9.17) is 9.47 Å². The number of allylic oxidation sites excluding steroid dienone is 2. The van der Waals surface area contributed by atoms with Crippen molar-refractivity contribution in [2.24, 2.45) is 5.92 Å². The molecule has 1 aromatic carbocycles. The number of carbonyl (C=O) groups is 1. The Hall–Kier alpha value is -1.97. The lowest BCUT2D eigenvalue weighted by Crippen LogP contribution is -2.57. The predicted molar refractivity (Wildman–Crippen MR) is 80.5 cm³/mol. The van der Waals surface area contributed by atoms with E-state index >= 15 is 0 Å². The smallest absolute Gasteiger partial charge is 0.226 e. The van der Waals surface area contributed by atoms with Gasteiger partial charge in [0.1, 0.15) is 6.10 Å². The third-order valence-electron chi connectivity index (χ3n) is 4.14. The number of carbonyl (C=O) groups excluding carboxylic acids is 1. The lowest BCUT2D eigenvalue weighted by Gasteiger charge is -2.41. The molecule has 0 saturated carbocycles. The van der Waals surface area contributed by atoms with Gasteiger partial charge in [-0.15, -0.1) is 0 Å². The fourth-order valence-electron chi connectivity index (χ4n) is 2.86. The molecule has 21 heavy (non-hydrogen) atoms. The van der Waals surface area contributed by atoms with Crippen LogP contribution in [0, 0.1) is 5.92 Å². The van der Waals surface area contributed by atoms with E-state index in [9.17, 15) is 4.79 Å². The first kappa shape index (κ1) is 14.0. The minimum absolute atomic E-state index is 0.0735. The van der Waals surface area contributed by atoms with Crippen molar-refractivity contribution in [2.75, 3.05) is 20.2 Å². The summed E-state index contributed by atoms with van der Waals surface area (Å²) in [4.78, 5) is 14.2. The molecule has 2 aliphatic rings. The molecule has 1 aromatic rings. The van der Waals surface area contributed by atoms with E-state index in [0.717, 1.165) is 30.8 Å². The van der Waals surface area contributed by atoms with Gasteiger partial charge >= 0.3 is 0 Å². The van der Waals surface area contributed by atoms with Gasteiger partial charge in [0.2, 0.25) is 5.91 Å². The number of rotatable bonds is 4. The van der Waals surface area contributed by atoms with Crippen LogP contribution in [0.25, 0.3) is 0 Å². The highest BCUT2D eigenvalue weighted by Gasteiger charge is 2.35. The summed E-state index contributed by atoms with van der Waals surface area (Å²) >= 11 is 0. The van der Waals surface area contributed by atoms with Crippen LogP contribution >= 0.6 is 0 Å². The maximum atomic E-state index is 12.3. The van der Waals surface area contributed by atoms with E-state index in [1.54, 1.807) is 7.11 Å². The van der Waals surface area contributed by atoms with Crippen LogP contribution in [0.2, 0.25) is 0 Å². The summed E-state index contributed by atoms with van der Waals surface area (Å²) in [7, 11) is 1.63. The van der Waals surface area contributed by atoms with E-state index < -0.39 is 0 Å². The maximum absolute atomic E-state index is 12.3. The number of methoxy groups -OCH3 is 1. The van der Waals surface area contributed by atoms with Gasteiger partial charge in [0.15, 0.2) is 11.5 Å². The molecule has 0 bridgehead atoms. The van der Waals surface area contributed by atoms with Crippen molar-refractivity contribution in [1.29, 1.82) is 0 Å². The fourth-order valence-corrected chi connectivity index (χ4v) is 2.86. The summed E-state index contributed by atoms with van der Waals surface area (Å²) in [5.74, 6) is 1.93. The van der Waals surface area contributed by atoms with Gasteiger partial charge in [0, 0.05) is 5.92 Å². The van der Waals surface area contributed by atoms with Gasteiger partial charge < -0.3 is 14.4 Å². The number of ether oxygens (including phenoxy) is 2. The maximum Gasteiger partial charge on any atom is 0.226 e. The van der Waals surface area contributed by atoms with Crippen LogP contribution < -0.4 is 9.47 Å². The second-order valence-corrected chi connectivity index (χ2v) is 5.62. The van der Waals surface area contributed by atoms with Gasteiger partial charge in [-0.3, -0.25) is 4.79 Å². The molecule has 0 N–H and O–H groups in total. The van der Waals surface area contributed by atoms with Gasteiger partial charge in [0.25, 0.3) is 0 Å². The van der Waals surface area contributed by atoms with Crippen LogP contribution in [0.15, 0.2) is 36.4 Å². The zero-order valence-electron chi connectivity index (χ0n) is 12.3. The number of hydrogen-bond donors (Lipinski definition) is 0. The molecule has 1 amide bonds. The van der Waals surface area contributed by atoms with Gasteiger partial charge in [0.05, 0.1) is 20.2 Å². The summed E-state index contributed by atoms with van der Waals surface area (Å²) in [5, 5.41) is 0. The molecular weight excluding hydrogens is 266 g/mol. The van der Waals surface area contributed by atoms with Gasteiger partial charge in [-0.2, -0.15) is 0 Å². The van der Waals surface area contributed by atoms with Gasteiger partial charge in [-0.25, -0.2) is 0 Å². The topological polar surface area (TPSA) is 38.8 Å². The van der Waals surface area contributed by atoms with Crippen LogP contribution in [0.5, 0.6) is 11.5 Å². The molecule has 1 saturated heterocycles. The third kappa shape index (κ3) is 3.04. The molecule has 1 heterocycles. The standard InChI is InChI=1S/C17H21NO3/c1-20-15-9-5-6-10-16(15)21-14-11-18(12-14)17(19)13-7-3-2-4-8-13/h2-3,5-6,9-10,13-14H,4,7-8,11-12H2,1H3/t13-/m0/s1. The summed E-state index contributed by atoms with van der Waals surface area (Å²) in [6, 6.07) is 7.62. The summed E-state index contributed by atoms with van der Waals surface area (Å²) < 4.78 is 11.2. The molecular formula is C17H21NO3. The monoisotopic (exact) mass is 287 g/mol. The second-order valence-electron chi connectivity index (χ2n) is 5.62. The quantitative estimate of drug-likeness (QED) is 0.799. The highest BCUT2D eigenvalue weighted by molar-refractivity contribution is 5.80. The van der Waals surface area contributed by atoms with E-state index in [2.05, 4.69) is 12.2 Å². The highest BCUT2D eigenvalue weighted by atomic mass is 16.5. The van der Waals surface area contributed by atoms with Crippen molar-refractivity contribution in [2.45, 2.75) is 25.4 Å². The molecule has 0 radical (unpaired) electrons. The summed E-state index contributed by atoms with van der Waals surface area (Å²) in [6.45, 7) is 1.36. The Morgan fingerprint density at radius 1 is 1.19 bits per heavy atom. The minimum Gasteiger partial charge on any atom is -0.493 e. The fraction of sp³-hybridized carbons (Fsp3) is 0.471. The summed E-state index contributed by atoms with van der Waals surface area (Å²) in [5.41, 5.74) is 0. The molecule has 1 aliphatic carbocycles. The number of nitrogens with zero attached hydrogens (tertiary/aromatic N) is 1. The van der Waals surface area contributed by atoms with Crippen LogP contribution in [-0.2, 0) is 4.79 Å². The number of amides is 1. The molecule has 1 atom stereocenters. The number of hydrogen-bond acceptors (Lipinski definition) is 3. The molecule has 0 unspecified atom stereocenters. The van der Waals surface area contributed by atoms with Crippen LogP contribution in [-0.4, -0.2) is 37.1 Å². The molecule has 4 nitrogen and oxygen atoms in total. The Morgan fingerprint density at radius 2 is 1.95 bits per heavy atom. The highest BCUT2D eigenvalue weighted by Crippen LogP contribution is 2.30. The molecule has 0 spiro atoms. The first-order valence-electron chi connectivity index (χ1n) is 7.51. The van der Waals surface area contributed by atoms with E-state index in [1.165, 1.54) is 0 Å². The number of benzene rings is 1. The third-order valence-corrected chi connectivity index (χ3v) is 4.14. The Labute approximate surface area is 125 Å². The SMILES string of the molecule is COc1ccccc1OC1CN(C(=O)[C@H]2CC=CCC2)C1. The minimum atomic E-state index is 0.0735. The first-order valence-corrected chi connectivity index (χ1v) is 7.51. The lowest BCUT2D eigenvalue weighted by atomic mass is 9.92. The molecule has 3 rings (SSSR count). The Bertz CT molecular complexity index is 535. The van der Waals surface area contributed by atoms with Crippen molar-refractivity contribution in [3.63, 3.8) is 0 Å². The Balaban J connectivity index is 1.51. The normalized spacial score (nSPS) is 21.8. The van der Waals surface area contributed by atoms with Crippen molar-refractivity contribution >= 4 is 5.91 Å². The van der Waals surface area contributed by atoms with E-state index in [-0.39, 0.29) is 17.9 Å². The van der Waals surface area contributed by atoms with Gasteiger partial charge in [-0.1, -0.05) is 24.3 Å². The molecule has 1 aliphatic heterocycles. The van der Waals surface area contributed by atoms with Crippen LogP contribution in [0.4, 0.5) is 0 Å². The predicted octanol–water partition coefficient (Wildman–Crippen LogP) is 2.64. The molecule has 1 fully saturated rings. The van der Waals surface area contributed by atoms with Crippen LogP contribution in [0.1, 0.15) is 19.3 Å². The number of likely N-dealkylation sites (tertiary alicyclic amines) is 1. The zero-order valence-corrected chi connectivity index (χ0v) is 12.3. The second kappa shape index (κ2) is 6.20. The largest absolute Gasteiger partial charge is 0.493 e. The molecule has 0 aromatic heterocycles. The number of para-hydroxylation sites is 2. The van der Waals surface area contributed by atoms with Crippen LogP contribution in [0.3, 0.4) is 0 Å². The lowest BCUT2D eigenvalue weighted by molar-refractivity contribution is -0.144. The zero-order chi connectivity index (χ0) is 14.7. The average Bonchev–Trinajstić information content (AvgIpc) is 2.51. The van der Waals surface area contributed by atoms with E-state index in [0.29, 0.717) is 13.1 Å². The first-order chi connectivity index (χ1) is 10.3. The van der Waals surface area contributed by atoms with Crippen molar-refractivity contribution in [3.8, 4) is 11.5 Å². The van der Waals surface area contributed by atoms with E-state index in [1.807, 2.05) is 29.2 Å². The molecule has 112 valence electrons. The Morgan fingerprint density at radius 3 is 2.62 bits per heavy atom. The van der Waals surface area contributed by atoms with Crippen molar-refractivity contribution in [1.82, 2.24) is 4.90 Å². The average molecular weight is 287 g/mol. The summed E-state index contributed by atoms with van der Waals surface area (Å²) in [6.07, 6.45) is 7.23. The Kier molecular flexibility index (Phi) is 4.13. The molecule has 4 heteroatoms. The van der Waals surface area contributed by atoms with Gasteiger partial charge in [-0.05, 0) is 31.4 Å². The van der Waals surface area contributed by atoms with Crippen molar-refractivity contribution in [3.05, 3.63) is 36.4 Å². The van der Waals surface area contributed by atoms with Crippen molar-refractivity contribution < 1.29 is 14.3 Å².